The monoisotopic (exact) mass is 749 g/mol. The number of methoxy groups -OCH3 is 2. The smallest absolute Gasteiger partial charge is 0.326 e. The third-order valence-electron chi connectivity index (χ3n) is 10.7. The van der Waals surface area contributed by atoms with Gasteiger partial charge < -0.3 is 40.3 Å². The molecule has 0 radical (unpaired) electrons. The highest BCUT2D eigenvalue weighted by atomic mass is 19.1. The first kappa shape index (κ1) is 45.5. The number of halogens is 1. The van der Waals surface area contributed by atoms with Crippen molar-refractivity contribution < 1.29 is 42.9 Å². The highest BCUT2D eigenvalue weighted by molar-refractivity contribution is 5.90. The SMILES string of the molecule is CC[C@H](C)[C@@H]([C@@H](CC(=O)N1CCCC1[C@H](OC)[C@@H](C)C(=O)NC(Cc1ccccc1F)C(=O)O)OC)N(C)C(=O)C(NC(=O)C(NC)C(C)C)C(C)C. The summed E-state index contributed by atoms with van der Waals surface area (Å²) in [6.07, 6.45) is 0.190. The summed E-state index contributed by atoms with van der Waals surface area (Å²) >= 11 is 0. The molecule has 300 valence electrons. The van der Waals surface area contributed by atoms with E-state index in [0.717, 1.165) is 0 Å². The van der Waals surface area contributed by atoms with Crippen LogP contribution in [-0.2, 0) is 39.9 Å². The maximum atomic E-state index is 14.3. The van der Waals surface area contributed by atoms with Crippen molar-refractivity contribution in [2.24, 2.45) is 23.7 Å². The Bertz CT molecular complexity index is 1380. The van der Waals surface area contributed by atoms with Gasteiger partial charge in [0.1, 0.15) is 17.9 Å². The Morgan fingerprint density at radius 2 is 1.58 bits per heavy atom. The zero-order chi connectivity index (χ0) is 40.2. The summed E-state index contributed by atoms with van der Waals surface area (Å²) in [5.74, 6) is -4.34. The molecule has 0 spiro atoms. The summed E-state index contributed by atoms with van der Waals surface area (Å²) in [7, 11) is 6.36. The van der Waals surface area contributed by atoms with Crippen molar-refractivity contribution in [2.75, 3.05) is 34.9 Å². The third-order valence-corrected chi connectivity index (χ3v) is 10.7. The molecule has 0 bridgehead atoms. The molecule has 4 unspecified atom stereocenters. The van der Waals surface area contributed by atoms with E-state index in [0.29, 0.717) is 25.8 Å². The quantitative estimate of drug-likeness (QED) is 0.148. The second kappa shape index (κ2) is 21.3. The Balaban J connectivity index is 2.27. The first-order valence-electron chi connectivity index (χ1n) is 18.8. The van der Waals surface area contributed by atoms with Gasteiger partial charge in [-0.3, -0.25) is 19.2 Å². The number of benzene rings is 1. The van der Waals surface area contributed by atoms with E-state index in [9.17, 15) is 33.5 Å². The molecule has 4 amide bonds. The van der Waals surface area contributed by atoms with Crippen LogP contribution >= 0.6 is 0 Å². The van der Waals surface area contributed by atoms with Gasteiger partial charge in [0.25, 0.3) is 0 Å². The number of ether oxygens (including phenoxy) is 2. The summed E-state index contributed by atoms with van der Waals surface area (Å²) in [5, 5.41) is 18.4. The van der Waals surface area contributed by atoms with Crippen molar-refractivity contribution in [1.29, 1.82) is 0 Å². The zero-order valence-corrected chi connectivity index (χ0v) is 33.5. The number of aliphatic carboxylic acids is 1. The van der Waals surface area contributed by atoms with Crippen LogP contribution in [0, 0.1) is 29.5 Å². The number of rotatable bonds is 21. The Kier molecular flexibility index (Phi) is 18.3. The maximum absolute atomic E-state index is 14.3. The van der Waals surface area contributed by atoms with Crippen molar-refractivity contribution in [1.82, 2.24) is 25.8 Å². The lowest BCUT2D eigenvalue weighted by atomic mass is 9.89. The fourth-order valence-electron chi connectivity index (χ4n) is 7.44. The predicted octanol–water partition coefficient (Wildman–Crippen LogP) is 3.24. The van der Waals surface area contributed by atoms with Gasteiger partial charge in [0.05, 0.1) is 42.7 Å². The summed E-state index contributed by atoms with van der Waals surface area (Å²) < 4.78 is 26.1. The lowest BCUT2D eigenvalue weighted by Gasteiger charge is -2.41. The molecule has 9 atom stereocenters. The van der Waals surface area contributed by atoms with Crippen LogP contribution in [0.15, 0.2) is 24.3 Å². The van der Waals surface area contributed by atoms with Gasteiger partial charge in [-0.15, -0.1) is 0 Å². The molecular formula is C39H64FN5O8. The number of carboxylic acids is 1. The molecule has 1 aromatic rings. The molecule has 1 heterocycles. The molecule has 4 N–H and O–H groups in total. The number of amides is 4. The molecule has 0 saturated carbocycles. The van der Waals surface area contributed by atoms with E-state index >= 15 is 0 Å². The minimum absolute atomic E-state index is 0.00844. The second-order valence-electron chi connectivity index (χ2n) is 15.0. The average molecular weight is 750 g/mol. The lowest BCUT2D eigenvalue weighted by Crippen LogP contribution is -2.59. The Labute approximate surface area is 315 Å². The standard InChI is InChI=1S/C39H64FN5O8/c1-12-24(6)34(44(9)38(49)33(23(4)5)43-37(48)32(41-8)22(2)3)30(52-10)21-31(46)45-19-15-18-29(45)35(53-11)25(7)36(47)42-28(39(50)51)20-26-16-13-14-17-27(26)40/h13-14,16-17,22-25,28-30,32-35,41H,12,15,18-21H2,1-11H3,(H,42,47)(H,43,48)(H,50,51)/t24-,25+,28?,29?,30+,32?,33?,34-,35+/m0/s1. The highest BCUT2D eigenvalue weighted by Crippen LogP contribution is 2.30. The molecule has 1 fully saturated rings. The van der Waals surface area contributed by atoms with E-state index in [4.69, 9.17) is 9.47 Å². The van der Waals surface area contributed by atoms with Gasteiger partial charge in [-0.05, 0) is 49.3 Å². The van der Waals surface area contributed by atoms with Crippen LogP contribution in [0.25, 0.3) is 0 Å². The van der Waals surface area contributed by atoms with Crippen LogP contribution in [0.5, 0.6) is 0 Å². The first-order valence-corrected chi connectivity index (χ1v) is 18.8. The van der Waals surface area contributed by atoms with Crippen molar-refractivity contribution >= 4 is 29.6 Å². The van der Waals surface area contributed by atoms with Gasteiger partial charge in [0.15, 0.2) is 0 Å². The van der Waals surface area contributed by atoms with Crippen LogP contribution < -0.4 is 16.0 Å². The Morgan fingerprint density at radius 3 is 2.09 bits per heavy atom. The van der Waals surface area contributed by atoms with E-state index in [1.165, 1.54) is 32.4 Å². The van der Waals surface area contributed by atoms with Crippen LogP contribution in [0.4, 0.5) is 4.39 Å². The summed E-state index contributed by atoms with van der Waals surface area (Å²) in [6.45, 7) is 13.7. The van der Waals surface area contributed by atoms with E-state index in [2.05, 4.69) is 16.0 Å². The van der Waals surface area contributed by atoms with Crippen molar-refractivity contribution in [2.45, 2.75) is 123 Å². The van der Waals surface area contributed by atoms with Crippen molar-refractivity contribution in [3.8, 4) is 0 Å². The van der Waals surface area contributed by atoms with Gasteiger partial charge in [-0.25, -0.2) is 9.18 Å². The van der Waals surface area contributed by atoms with Crippen molar-refractivity contribution in [3.63, 3.8) is 0 Å². The molecular weight excluding hydrogens is 685 g/mol. The molecule has 1 aromatic carbocycles. The minimum atomic E-state index is -1.37. The molecule has 1 aliphatic rings. The molecule has 0 aliphatic carbocycles. The Hall–Kier alpha value is -3.62. The zero-order valence-electron chi connectivity index (χ0n) is 33.5. The van der Waals surface area contributed by atoms with Crippen LogP contribution in [-0.4, -0.2) is 122 Å². The normalized spacial score (nSPS) is 19.1. The van der Waals surface area contributed by atoms with Crippen molar-refractivity contribution in [3.05, 3.63) is 35.6 Å². The van der Waals surface area contributed by atoms with E-state index < -0.39 is 66.0 Å². The number of nitrogens with one attached hydrogen (secondary N) is 3. The van der Waals surface area contributed by atoms with Gasteiger partial charge in [-0.1, -0.05) is 73.1 Å². The summed E-state index contributed by atoms with van der Waals surface area (Å²) in [4.78, 5) is 70.2. The van der Waals surface area contributed by atoms with Gasteiger partial charge in [-0.2, -0.15) is 0 Å². The van der Waals surface area contributed by atoms with E-state index in [1.807, 2.05) is 41.5 Å². The number of carboxylic acid groups (broad SMARTS) is 1. The van der Waals surface area contributed by atoms with Crippen LogP contribution in [0.1, 0.15) is 79.7 Å². The predicted molar refractivity (Wildman–Crippen MR) is 200 cm³/mol. The first-order chi connectivity index (χ1) is 24.9. The molecule has 53 heavy (non-hydrogen) atoms. The largest absolute Gasteiger partial charge is 0.480 e. The average Bonchev–Trinajstić information content (AvgIpc) is 3.60. The molecule has 13 nitrogen and oxygen atoms in total. The highest BCUT2D eigenvalue weighted by Gasteiger charge is 2.43. The number of nitrogens with zero attached hydrogens (tertiary/aromatic N) is 2. The minimum Gasteiger partial charge on any atom is -0.480 e. The van der Waals surface area contributed by atoms with Gasteiger partial charge in [0, 0.05) is 34.2 Å². The number of likely N-dealkylation sites (N-methyl/N-ethyl adjacent to an activating group) is 2. The Morgan fingerprint density at radius 1 is 0.962 bits per heavy atom. The van der Waals surface area contributed by atoms with Gasteiger partial charge >= 0.3 is 5.97 Å². The van der Waals surface area contributed by atoms with E-state index in [-0.39, 0.29) is 53.9 Å². The summed E-state index contributed by atoms with van der Waals surface area (Å²) in [5.41, 5.74) is 0.164. The molecule has 14 heteroatoms. The van der Waals surface area contributed by atoms with Gasteiger partial charge in [0.2, 0.25) is 23.6 Å². The number of carbonyl (C=O) groups is 5. The molecule has 1 aliphatic heterocycles. The number of likely N-dealkylation sites (tertiary alicyclic amines) is 1. The fraction of sp³-hybridized carbons (Fsp3) is 0.718. The molecule has 2 rings (SSSR count). The van der Waals surface area contributed by atoms with Crippen LogP contribution in [0.3, 0.4) is 0 Å². The second-order valence-corrected chi connectivity index (χ2v) is 15.0. The number of carbonyl (C=O) groups excluding carboxylic acids is 4. The lowest BCUT2D eigenvalue weighted by molar-refractivity contribution is -0.148. The molecule has 1 saturated heterocycles. The fourth-order valence-corrected chi connectivity index (χ4v) is 7.44. The number of hydrogen-bond acceptors (Lipinski definition) is 8. The third kappa shape index (κ3) is 11.9. The topological polar surface area (TPSA) is 167 Å². The maximum Gasteiger partial charge on any atom is 0.326 e. The number of hydrogen-bond donors (Lipinski definition) is 4. The van der Waals surface area contributed by atoms with Crippen LogP contribution in [0.2, 0.25) is 0 Å². The molecule has 0 aromatic heterocycles. The van der Waals surface area contributed by atoms with E-state index in [1.54, 1.807) is 36.9 Å². The summed E-state index contributed by atoms with van der Waals surface area (Å²) in [6, 6.07) is 2.18.